The first-order valence-corrected chi connectivity index (χ1v) is 9.80. The Balaban J connectivity index is 1.48. The van der Waals surface area contributed by atoms with Crippen molar-refractivity contribution in [1.29, 1.82) is 0 Å². The average molecular weight is 419 g/mol. The van der Waals surface area contributed by atoms with Crippen LogP contribution in [0.3, 0.4) is 0 Å². The molecular formula is C24H19ClN2O3. The molecule has 0 aliphatic carbocycles. The van der Waals surface area contributed by atoms with Crippen molar-refractivity contribution in [2.45, 2.75) is 13.5 Å². The van der Waals surface area contributed by atoms with Gasteiger partial charge in [-0.3, -0.25) is 9.59 Å². The molecule has 2 N–H and O–H groups in total. The lowest BCUT2D eigenvalue weighted by Gasteiger charge is -2.20. The van der Waals surface area contributed by atoms with Gasteiger partial charge >= 0.3 is 0 Å². The maximum Gasteiger partial charge on any atom is 0.291 e. The van der Waals surface area contributed by atoms with Gasteiger partial charge in [0.1, 0.15) is 0 Å². The van der Waals surface area contributed by atoms with Crippen molar-refractivity contribution in [1.82, 2.24) is 5.32 Å². The Bertz CT molecular complexity index is 1170. The van der Waals surface area contributed by atoms with Gasteiger partial charge < -0.3 is 15.4 Å². The van der Waals surface area contributed by atoms with Crippen LogP contribution >= 0.6 is 11.6 Å². The molecule has 0 spiro atoms. The predicted octanol–water partition coefficient (Wildman–Crippen LogP) is 4.95. The lowest BCUT2D eigenvalue weighted by atomic mass is 10.1. The van der Waals surface area contributed by atoms with Gasteiger partial charge in [-0.25, -0.2) is 0 Å². The normalized spacial score (nSPS) is 13.9. The molecule has 3 aromatic carbocycles. The van der Waals surface area contributed by atoms with Gasteiger partial charge in [0.15, 0.2) is 11.5 Å². The molecule has 0 saturated carbocycles. The van der Waals surface area contributed by atoms with E-state index in [1.165, 1.54) is 0 Å². The average Bonchev–Trinajstić information content (AvgIpc) is 2.72. The first-order valence-electron chi connectivity index (χ1n) is 9.42. The molecule has 150 valence electrons. The smallest absolute Gasteiger partial charge is 0.291 e. The molecule has 4 rings (SSSR count). The summed E-state index contributed by atoms with van der Waals surface area (Å²) in [5.74, 6) is 0.00754. The van der Waals surface area contributed by atoms with E-state index in [0.29, 0.717) is 28.6 Å². The summed E-state index contributed by atoms with van der Waals surface area (Å²) in [5, 5.41) is 6.24. The Morgan fingerprint density at radius 2 is 1.93 bits per heavy atom. The highest BCUT2D eigenvalue weighted by Crippen LogP contribution is 2.32. The molecular weight excluding hydrogens is 400 g/mol. The first kappa shape index (κ1) is 19.7. The van der Waals surface area contributed by atoms with Crippen molar-refractivity contribution in [3.63, 3.8) is 0 Å². The van der Waals surface area contributed by atoms with Crippen LogP contribution in [0.1, 0.15) is 27.0 Å². The van der Waals surface area contributed by atoms with Gasteiger partial charge in [-0.15, -0.1) is 0 Å². The molecule has 3 aromatic rings. The van der Waals surface area contributed by atoms with Crippen LogP contribution in [-0.2, 0) is 11.3 Å². The molecule has 0 fully saturated rings. The van der Waals surface area contributed by atoms with Gasteiger partial charge in [0.05, 0.1) is 5.69 Å². The van der Waals surface area contributed by atoms with Crippen molar-refractivity contribution < 1.29 is 14.3 Å². The number of fused-ring (bicyclic) bond motifs is 1. The fraction of sp³-hybridized carbons (Fsp3) is 0.0833. The highest BCUT2D eigenvalue weighted by molar-refractivity contribution is 6.30. The summed E-state index contributed by atoms with van der Waals surface area (Å²) in [6.45, 7) is 2.43. The van der Waals surface area contributed by atoms with Gasteiger partial charge in [-0.1, -0.05) is 53.6 Å². The molecule has 30 heavy (non-hydrogen) atoms. The Kier molecular flexibility index (Phi) is 5.55. The zero-order valence-corrected chi connectivity index (χ0v) is 17.0. The van der Waals surface area contributed by atoms with E-state index in [1.807, 2.05) is 37.3 Å². The maximum atomic E-state index is 12.5. The second-order valence-corrected chi connectivity index (χ2v) is 7.44. The minimum Gasteiger partial charge on any atom is -0.449 e. The zero-order valence-electron chi connectivity index (χ0n) is 16.2. The molecule has 0 unspecified atom stereocenters. The fourth-order valence-corrected chi connectivity index (χ4v) is 3.35. The maximum absolute atomic E-state index is 12.5. The first-order chi connectivity index (χ1) is 14.5. The molecule has 0 bridgehead atoms. The van der Waals surface area contributed by atoms with Gasteiger partial charge in [-0.2, -0.15) is 0 Å². The Morgan fingerprint density at radius 1 is 1.10 bits per heavy atom. The molecule has 1 aliphatic heterocycles. The number of carbonyl (C=O) groups is 2. The van der Waals surface area contributed by atoms with Crippen LogP contribution in [0.4, 0.5) is 5.69 Å². The quantitative estimate of drug-likeness (QED) is 0.589. The number of halogens is 1. The summed E-state index contributed by atoms with van der Waals surface area (Å²) in [7, 11) is 0. The van der Waals surface area contributed by atoms with E-state index in [2.05, 4.69) is 10.6 Å². The third kappa shape index (κ3) is 4.53. The van der Waals surface area contributed by atoms with Crippen molar-refractivity contribution in [2.75, 3.05) is 5.32 Å². The summed E-state index contributed by atoms with van der Waals surface area (Å²) < 4.78 is 5.74. The van der Waals surface area contributed by atoms with E-state index in [4.69, 9.17) is 16.3 Å². The molecule has 0 atom stereocenters. The summed E-state index contributed by atoms with van der Waals surface area (Å²) in [6, 6.07) is 20.0. The summed E-state index contributed by atoms with van der Waals surface area (Å²) >= 11 is 5.99. The monoisotopic (exact) mass is 418 g/mol. The molecule has 0 radical (unpaired) electrons. The molecule has 0 aromatic heterocycles. The van der Waals surface area contributed by atoms with Crippen LogP contribution in [-0.4, -0.2) is 11.8 Å². The number of nitrogens with one attached hydrogen (secondary N) is 2. The van der Waals surface area contributed by atoms with Crippen molar-refractivity contribution in [3.05, 3.63) is 99.8 Å². The minimum atomic E-state index is -0.389. The van der Waals surface area contributed by atoms with Gasteiger partial charge in [-0.05, 0) is 54.5 Å². The van der Waals surface area contributed by atoms with Crippen LogP contribution < -0.4 is 15.4 Å². The molecule has 0 saturated heterocycles. The number of aryl methyl sites for hydroxylation is 1. The summed E-state index contributed by atoms with van der Waals surface area (Å²) in [5.41, 5.74) is 3.80. The van der Waals surface area contributed by atoms with Gasteiger partial charge in [0, 0.05) is 17.1 Å². The van der Waals surface area contributed by atoms with Crippen molar-refractivity contribution in [3.8, 4) is 5.75 Å². The fourth-order valence-electron chi connectivity index (χ4n) is 3.16. The standard InChI is InChI=1S/C24H19ClN2O3/c1-15-4-2-6-17(10-15)14-26-23(28)18-8-9-21-20(13-18)27-24(29)22(30-21)12-16-5-3-7-19(25)11-16/h2-13H,14H2,1H3,(H,26,28)(H,27,29)/b22-12+. The molecule has 2 amide bonds. The highest BCUT2D eigenvalue weighted by Gasteiger charge is 2.23. The van der Waals surface area contributed by atoms with Gasteiger partial charge in [0.25, 0.3) is 11.8 Å². The molecule has 1 aliphatic rings. The molecule has 5 nitrogen and oxygen atoms in total. The number of carbonyl (C=O) groups excluding carboxylic acids is 2. The molecule has 6 heteroatoms. The number of benzene rings is 3. The van der Waals surface area contributed by atoms with Crippen LogP contribution in [0.15, 0.2) is 72.5 Å². The summed E-state index contributed by atoms with van der Waals surface area (Å²) in [4.78, 5) is 25.0. The van der Waals surface area contributed by atoms with Crippen molar-refractivity contribution in [2.24, 2.45) is 0 Å². The number of anilines is 1. The highest BCUT2D eigenvalue weighted by atomic mass is 35.5. The topological polar surface area (TPSA) is 67.4 Å². The Labute approximate surface area is 179 Å². The number of rotatable bonds is 4. The third-order valence-corrected chi connectivity index (χ3v) is 4.85. The van der Waals surface area contributed by atoms with Crippen molar-refractivity contribution >= 4 is 35.2 Å². The van der Waals surface area contributed by atoms with Crippen LogP contribution in [0.25, 0.3) is 6.08 Å². The second-order valence-electron chi connectivity index (χ2n) is 7.00. The van der Waals surface area contributed by atoms with E-state index in [-0.39, 0.29) is 17.6 Å². The largest absolute Gasteiger partial charge is 0.449 e. The van der Waals surface area contributed by atoms with E-state index >= 15 is 0 Å². The number of hydrogen-bond donors (Lipinski definition) is 2. The van der Waals surface area contributed by atoms with Crippen LogP contribution in [0.5, 0.6) is 5.75 Å². The Morgan fingerprint density at radius 3 is 2.73 bits per heavy atom. The number of ether oxygens (including phenoxy) is 1. The zero-order chi connectivity index (χ0) is 21.1. The predicted molar refractivity (Wildman–Crippen MR) is 117 cm³/mol. The molecule has 1 heterocycles. The van der Waals surface area contributed by atoms with E-state index < -0.39 is 0 Å². The number of amides is 2. The number of hydrogen-bond acceptors (Lipinski definition) is 3. The van der Waals surface area contributed by atoms with E-state index in [9.17, 15) is 9.59 Å². The third-order valence-electron chi connectivity index (χ3n) is 4.62. The lowest BCUT2D eigenvalue weighted by molar-refractivity contribution is -0.115. The SMILES string of the molecule is Cc1cccc(CNC(=O)c2ccc3c(c2)NC(=O)/C(=C\c2cccc(Cl)c2)O3)c1. The van der Waals surface area contributed by atoms with Gasteiger partial charge in [0.2, 0.25) is 0 Å². The van der Waals surface area contributed by atoms with Crippen LogP contribution in [0.2, 0.25) is 5.02 Å². The lowest BCUT2D eigenvalue weighted by Crippen LogP contribution is -2.25. The van der Waals surface area contributed by atoms with Crippen LogP contribution in [0, 0.1) is 6.92 Å². The minimum absolute atomic E-state index is 0.154. The van der Waals surface area contributed by atoms with E-state index in [0.717, 1.165) is 16.7 Å². The Hall–Kier alpha value is -3.57. The second kappa shape index (κ2) is 8.43. The summed E-state index contributed by atoms with van der Waals surface area (Å²) in [6.07, 6.45) is 1.62. The van der Waals surface area contributed by atoms with E-state index in [1.54, 1.807) is 42.5 Å².